The minimum absolute atomic E-state index is 0.250. The summed E-state index contributed by atoms with van der Waals surface area (Å²) in [5, 5.41) is 4.44. The Labute approximate surface area is 179 Å². The Balaban J connectivity index is 0.000000858. The van der Waals surface area contributed by atoms with E-state index in [9.17, 15) is 0 Å². The lowest BCUT2D eigenvalue weighted by Gasteiger charge is -2.28. The number of aryl methyl sites for hydroxylation is 2. The molecule has 3 aromatic rings. The van der Waals surface area contributed by atoms with Crippen molar-refractivity contribution in [2.75, 3.05) is 5.73 Å². The maximum absolute atomic E-state index is 15.6. The number of nitrogen functional groups attached to an aromatic ring is 1. The van der Waals surface area contributed by atoms with Crippen molar-refractivity contribution in [2.45, 2.75) is 45.4 Å². The molecule has 9 heteroatoms. The van der Waals surface area contributed by atoms with E-state index >= 15 is 4.39 Å². The number of aromatic nitrogens is 4. The minimum Gasteiger partial charge on any atom is -0.436 e. The Bertz CT molecular complexity index is 1100. The van der Waals surface area contributed by atoms with Gasteiger partial charge in [0.2, 0.25) is 5.88 Å². The van der Waals surface area contributed by atoms with Gasteiger partial charge < -0.3 is 10.5 Å². The van der Waals surface area contributed by atoms with Gasteiger partial charge in [-0.3, -0.25) is 4.98 Å². The molecule has 1 aromatic carbocycles. The predicted molar refractivity (Wildman–Crippen MR) is 111 cm³/mol. The van der Waals surface area contributed by atoms with Gasteiger partial charge in [-0.05, 0) is 38.2 Å². The average Bonchev–Trinajstić information content (AvgIpc) is 2.97. The largest absolute Gasteiger partial charge is 0.436 e. The molecule has 0 saturated heterocycles. The summed E-state index contributed by atoms with van der Waals surface area (Å²) in [6, 6.07) is 3.70. The van der Waals surface area contributed by atoms with Crippen LogP contribution in [0.2, 0.25) is 0 Å². The highest BCUT2D eigenvalue weighted by Crippen LogP contribution is 2.45. The molecule has 162 valence electrons. The molecule has 4 rings (SSSR count). The Kier molecular flexibility index (Phi) is 6.77. The number of halogens is 1. The standard InChI is InChI=1S/C21H24FN5O.CO2/c1-4-14-12(2)26-27(3)21(14)28-20-15(13-6-5-7-13)8-9-16(19(20)22)17-10-25-18(23)11-24-17;2-1-3/h8-11,13H,4-7H2,1-3H3,(H2,23,25);. The molecule has 2 heterocycles. The first kappa shape index (κ1) is 22.1. The summed E-state index contributed by atoms with van der Waals surface area (Å²) in [7, 11) is 1.82. The maximum atomic E-state index is 15.6. The Morgan fingerprint density at radius 2 is 1.97 bits per heavy atom. The van der Waals surface area contributed by atoms with Crippen molar-refractivity contribution in [3.63, 3.8) is 0 Å². The van der Waals surface area contributed by atoms with Crippen molar-refractivity contribution in [3.05, 3.63) is 47.2 Å². The molecule has 1 aliphatic carbocycles. The summed E-state index contributed by atoms with van der Waals surface area (Å²) >= 11 is 0. The van der Waals surface area contributed by atoms with E-state index in [1.807, 2.05) is 27.0 Å². The highest BCUT2D eigenvalue weighted by atomic mass is 19.1. The third-order valence-electron chi connectivity index (χ3n) is 5.46. The van der Waals surface area contributed by atoms with Gasteiger partial charge in [-0.1, -0.05) is 19.4 Å². The van der Waals surface area contributed by atoms with E-state index in [2.05, 4.69) is 15.1 Å². The SMILES string of the molecule is CCc1c(C)nn(C)c1Oc1c(C2CCC2)ccc(-c2cnc(N)cn2)c1F.O=C=O. The topological polar surface area (TPSA) is 113 Å². The van der Waals surface area contributed by atoms with Crippen molar-refractivity contribution in [3.8, 4) is 22.9 Å². The van der Waals surface area contributed by atoms with E-state index in [0.29, 0.717) is 28.9 Å². The predicted octanol–water partition coefficient (Wildman–Crippen LogP) is 3.95. The van der Waals surface area contributed by atoms with Crippen LogP contribution in [0.4, 0.5) is 10.2 Å². The monoisotopic (exact) mass is 425 g/mol. The molecule has 2 aromatic heterocycles. The molecular weight excluding hydrogens is 401 g/mol. The van der Waals surface area contributed by atoms with Crippen LogP contribution >= 0.6 is 0 Å². The number of hydrogen-bond donors (Lipinski definition) is 1. The zero-order valence-electron chi connectivity index (χ0n) is 17.7. The van der Waals surface area contributed by atoms with Crippen LogP contribution in [0.3, 0.4) is 0 Å². The number of ether oxygens (including phenoxy) is 1. The molecule has 8 nitrogen and oxygen atoms in total. The quantitative estimate of drug-likeness (QED) is 0.658. The molecule has 1 saturated carbocycles. The second-order valence-electron chi connectivity index (χ2n) is 7.33. The first-order valence-electron chi connectivity index (χ1n) is 10.0. The van der Waals surface area contributed by atoms with Crippen molar-refractivity contribution < 1.29 is 18.7 Å². The first-order chi connectivity index (χ1) is 14.9. The van der Waals surface area contributed by atoms with Gasteiger partial charge in [-0.15, -0.1) is 0 Å². The van der Waals surface area contributed by atoms with E-state index < -0.39 is 5.82 Å². The molecule has 1 fully saturated rings. The number of nitrogens with zero attached hydrogens (tertiary/aromatic N) is 4. The van der Waals surface area contributed by atoms with Crippen molar-refractivity contribution in [1.82, 2.24) is 19.7 Å². The maximum Gasteiger partial charge on any atom is 0.373 e. The molecule has 0 bridgehead atoms. The van der Waals surface area contributed by atoms with Crippen LogP contribution in [0.15, 0.2) is 24.5 Å². The second kappa shape index (κ2) is 9.49. The number of benzene rings is 1. The number of rotatable bonds is 5. The van der Waals surface area contributed by atoms with Gasteiger partial charge in [-0.25, -0.2) is 14.1 Å². The fourth-order valence-electron chi connectivity index (χ4n) is 3.70. The van der Waals surface area contributed by atoms with E-state index in [-0.39, 0.29) is 11.9 Å². The Morgan fingerprint density at radius 1 is 1.26 bits per heavy atom. The zero-order chi connectivity index (χ0) is 22.5. The molecule has 0 atom stereocenters. The fourth-order valence-corrected chi connectivity index (χ4v) is 3.70. The minimum atomic E-state index is -0.427. The third kappa shape index (κ3) is 4.46. The van der Waals surface area contributed by atoms with E-state index in [4.69, 9.17) is 20.1 Å². The highest BCUT2D eigenvalue weighted by molar-refractivity contribution is 5.64. The lowest BCUT2D eigenvalue weighted by Crippen LogP contribution is -2.12. The lowest BCUT2D eigenvalue weighted by molar-refractivity contribution is -0.191. The van der Waals surface area contributed by atoms with Gasteiger partial charge in [0.05, 0.1) is 23.8 Å². The summed E-state index contributed by atoms with van der Waals surface area (Å²) in [6.45, 7) is 3.98. The highest BCUT2D eigenvalue weighted by Gasteiger charge is 2.28. The summed E-state index contributed by atoms with van der Waals surface area (Å²) in [6.07, 6.45) is 7.16. The van der Waals surface area contributed by atoms with Gasteiger partial charge in [0, 0.05) is 23.7 Å². The number of hydrogen-bond acceptors (Lipinski definition) is 7. The Hall–Kier alpha value is -3.58. The summed E-state index contributed by atoms with van der Waals surface area (Å²) < 4.78 is 23.5. The molecule has 1 aliphatic rings. The van der Waals surface area contributed by atoms with Gasteiger partial charge in [-0.2, -0.15) is 14.7 Å². The van der Waals surface area contributed by atoms with Crippen LogP contribution in [0, 0.1) is 12.7 Å². The number of carbonyl (C=O) groups excluding carboxylic acids is 2. The van der Waals surface area contributed by atoms with Gasteiger partial charge in [0.1, 0.15) is 5.82 Å². The number of anilines is 1. The molecule has 31 heavy (non-hydrogen) atoms. The molecule has 0 amide bonds. The number of nitrogens with two attached hydrogens (primary N) is 1. The molecule has 0 radical (unpaired) electrons. The van der Waals surface area contributed by atoms with Crippen LogP contribution in [0.5, 0.6) is 11.6 Å². The normalized spacial score (nSPS) is 13.0. The average molecular weight is 425 g/mol. The molecule has 2 N–H and O–H groups in total. The zero-order valence-corrected chi connectivity index (χ0v) is 17.7. The van der Waals surface area contributed by atoms with Crippen LogP contribution in [0.1, 0.15) is 48.9 Å². The van der Waals surface area contributed by atoms with Gasteiger partial charge in [0.25, 0.3) is 0 Å². The fraction of sp³-hybridized carbons (Fsp3) is 0.364. The van der Waals surface area contributed by atoms with Crippen LogP contribution < -0.4 is 10.5 Å². The van der Waals surface area contributed by atoms with Gasteiger partial charge in [0.15, 0.2) is 11.6 Å². The van der Waals surface area contributed by atoms with E-state index in [0.717, 1.165) is 42.5 Å². The summed E-state index contributed by atoms with van der Waals surface area (Å²) in [5.41, 5.74) is 9.17. The summed E-state index contributed by atoms with van der Waals surface area (Å²) in [4.78, 5) is 24.5. The van der Waals surface area contributed by atoms with Crippen molar-refractivity contribution in [1.29, 1.82) is 0 Å². The Morgan fingerprint density at radius 3 is 2.52 bits per heavy atom. The smallest absolute Gasteiger partial charge is 0.373 e. The van der Waals surface area contributed by atoms with Crippen molar-refractivity contribution in [2.24, 2.45) is 7.05 Å². The lowest BCUT2D eigenvalue weighted by atomic mass is 9.79. The van der Waals surface area contributed by atoms with Crippen molar-refractivity contribution >= 4 is 12.0 Å². The van der Waals surface area contributed by atoms with Crippen LogP contribution in [-0.4, -0.2) is 25.9 Å². The first-order valence-corrected chi connectivity index (χ1v) is 10.0. The third-order valence-corrected chi connectivity index (χ3v) is 5.46. The summed E-state index contributed by atoms with van der Waals surface area (Å²) in [5.74, 6) is 1.03. The van der Waals surface area contributed by atoms with E-state index in [1.165, 1.54) is 12.4 Å². The molecule has 0 aliphatic heterocycles. The van der Waals surface area contributed by atoms with E-state index in [1.54, 1.807) is 10.7 Å². The molecular formula is C22H24FN5O3. The van der Waals surface area contributed by atoms with Gasteiger partial charge >= 0.3 is 6.15 Å². The molecule has 0 unspecified atom stereocenters. The second-order valence-corrected chi connectivity index (χ2v) is 7.33. The van der Waals surface area contributed by atoms with Crippen LogP contribution in [-0.2, 0) is 23.1 Å². The molecule has 0 spiro atoms. The van der Waals surface area contributed by atoms with Crippen LogP contribution in [0.25, 0.3) is 11.3 Å².